The van der Waals surface area contributed by atoms with Crippen molar-refractivity contribution in [2.24, 2.45) is 0 Å². The van der Waals surface area contributed by atoms with Gasteiger partial charge in [-0.3, -0.25) is 14.4 Å². The van der Waals surface area contributed by atoms with E-state index in [1.54, 1.807) is 32.8 Å². The first kappa shape index (κ1) is 17.0. The van der Waals surface area contributed by atoms with Gasteiger partial charge in [0, 0.05) is 34.1 Å². The molecule has 0 N–H and O–H groups in total. The van der Waals surface area contributed by atoms with Crippen LogP contribution in [0.1, 0.15) is 28.7 Å². The third kappa shape index (κ3) is 3.20. The second-order valence-corrected chi connectivity index (χ2v) is 5.91. The van der Waals surface area contributed by atoms with E-state index in [0.717, 1.165) is 0 Å². The maximum atomic E-state index is 12.7. The summed E-state index contributed by atoms with van der Waals surface area (Å²) >= 11 is 0. The van der Waals surface area contributed by atoms with Crippen LogP contribution in [0, 0.1) is 13.8 Å². The van der Waals surface area contributed by atoms with Gasteiger partial charge in [0.15, 0.2) is 0 Å². The van der Waals surface area contributed by atoms with Gasteiger partial charge >= 0.3 is 0 Å². The van der Waals surface area contributed by atoms with Crippen LogP contribution in [0.2, 0.25) is 0 Å². The van der Waals surface area contributed by atoms with E-state index in [9.17, 15) is 14.4 Å². The Morgan fingerprint density at radius 2 is 1.87 bits per heavy atom. The summed E-state index contributed by atoms with van der Waals surface area (Å²) in [6.07, 6.45) is 0. The number of aryl methyl sites for hydroxylation is 2. The van der Waals surface area contributed by atoms with Crippen LogP contribution in [-0.4, -0.2) is 77.3 Å². The molecule has 0 aliphatic carbocycles. The molecule has 0 saturated carbocycles. The minimum absolute atomic E-state index is 0.166. The minimum Gasteiger partial charge on any atom is -0.361 e. The molecule has 0 bridgehead atoms. The Hall–Kier alpha value is -2.38. The molecule has 0 radical (unpaired) electrons. The van der Waals surface area contributed by atoms with Crippen molar-refractivity contribution < 1.29 is 18.9 Å². The highest BCUT2D eigenvalue weighted by atomic mass is 16.5. The Balaban J connectivity index is 2.25. The molecular weight excluding hydrogens is 300 g/mol. The largest absolute Gasteiger partial charge is 0.361 e. The van der Waals surface area contributed by atoms with Gasteiger partial charge < -0.3 is 19.2 Å². The highest BCUT2D eigenvalue weighted by Gasteiger charge is 2.37. The van der Waals surface area contributed by atoms with E-state index in [1.807, 2.05) is 0 Å². The summed E-state index contributed by atoms with van der Waals surface area (Å²) in [5.41, 5.74) is 0.953. The quantitative estimate of drug-likeness (QED) is 0.768. The van der Waals surface area contributed by atoms with E-state index < -0.39 is 6.04 Å². The molecule has 126 valence electrons. The van der Waals surface area contributed by atoms with Crippen molar-refractivity contribution in [3.05, 3.63) is 17.0 Å². The normalized spacial score (nSPS) is 18.0. The highest BCUT2D eigenvalue weighted by Crippen LogP contribution is 2.19. The molecule has 1 fully saturated rings. The fourth-order valence-corrected chi connectivity index (χ4v) is 2.80. The molecule has 1 aromatic rings. The van der Waals surface area contributed by atoms with Crippen LogP contribution in [-0.2, 0) is 9.59 Å². The van der Waals surface area contributed by atoms with Gasteiger partial charge in [-0.05, 0) is 13.8 Å². The molecule has 1 atom stereocenters. The third-order valence-corrected chi connectivity index (χ3v) is 4.05. The van der Waals surface area contributed by atoms with Crippen LogP contribution < -0.4 is 0 Å². The first-order valence-corrected chi connectivity index (χ1v) is 7.44. The van der Waals surface area contributed by atoms with Gasteiger partial charge in [-0.1, -0.05) is 5.16 Å². The molecule has 23 heavy (non-hydrogen) atoms. The monoisotopic (exact) mass is 322 g/mol. The Morgan fingerprint density at radius 1 is 1.22 bits per heavy atom. The summed E-state index contributed by atoms with van der Waals surface area (Å²) < 4.78 is 5.04. The van der Waals surface area contributed by atoms with Crippen molar-refractivity contribution in [1.82, 2.24) is 19.9 Å². The smallest absolute Gasteiger partial charge is 0.259 e. The maximum absolute atomic E-state index is 12.7. The molecule has 2 heterocycles. The lowest BCUT2D eigenvalue weighted by molar-refractivity contribution is -0.146. The van der Waals surface area contributed by atoms with Crippen LogP contribution in [0.15, 0.2) is 4.52 Å². The predicted octanol–water partition coefficient (Wildman–Crippen LogP) is 0.0525. The van der Waals surface area contributed by atoms with E-state index in [1.165, 1.54) is 16.7 Å². The van der Waals surface area contributed by atoms with Gasteiger partial charge in [-0.25, -0.2) is 0 Å². The molecule has 1 saturated heterocycles. The van der Waals surface area contributed by atoms with Crippen molar-refractivity contribution in [3.63, 3.8) is 0 Å². The number of hydrogen-bond acceptors (Lipinski definition) is 5. The van der Waals surface area contributed by atoms with Crippen molar-refractivity contribution in [2.75, 3.05) is 33.7 Å². The Bertz CT molecular complexity index is 618. The first-order valence-electron chi connectivity index (χ1n) is 7.44. The van der Waals surface area contributed by atoms with Gasteiger partial charge in [-0.15, -0.1) is 0 Å². The fraction of sp³-hybridized carbons (Fsp3) is 0.600. The van der Waals surface area contributed by atoms with Crippen LogP contribution >= 0.6 is 0 Å². The molecule has 8 heteroatoms. The Labute approximate surface area is 135 Å². The molecule has 2 rings (SSSR count). The summed E-state index contributed by atoms with van der Waals surface area (Å²) in [4.78, 5) is 41.4. The van der Waals surface area contributed by atoms with Crippen molar-refractivity contribution in [1.29, 1.82) is 0 Å². The molecule has 1 aliphatic heterocycles. The van der Waals surface area contributed by atoms with E-state index >= 15 is 0 Å². The molecule has 0 unspecified atom stereocenters. The Kier molecular flexibility index (Phi) is 4.72. The SMILES string of the molecule is CC(=O)N1CCN(C(=O)c2c(C)noc2C)C[C@H]1C(=O)N(C)C. The number of likely N-dealkylation sites (N-methyl/N-ethyl adjacent to an activating group) is 1. The molecule has 0 spiro atoms. The molecule has 1 aromatic heterocycles. The molecule has 3 amide bonds. The van der Waals surface area contributed by atoms with Gasteiger partial charge in [0.25, 0.3) is 5.91 Å². The molecule has 0 aromatic carbocycles. The number of piperazine rings is 1. The lowest BCUT2D eigenvalue weighted by atomic mass is 10.1. The number of carbonyl (C=O) groups excluding carboxylic acids is 3. The summed E-state index contributed by atoms with van der Waals surface area (Å²) in [7, 11) is 3.27. The zero-order chi connectivity index (χ0) is 17.3. The second kappa shape index (κ2) is 6.39. The number of aromatic nitrogens is 1. The zero-order valence-electron chi connectivity index (χ0n) is 14.1. The minimum atomic E-state index is -0.666. The van der Waals surface area contributed by atoms with Crippen molar-refractivity contribution >= 4 is 17.7 Å². The number of rotatable bonds is 2. The highest BCUT2D eigenvalue weighted by molar-refractivity contribution is 5.97. The number of carbonyl (C=O) groups is 3. The summed E-state index contributed by atoms with van der Waals surface area (Å²) in [6.45, 7) is 5.69. The van der Waals surface area contributed by atoms with Gasteiger partial charge in [-0.2, -0.15) is 0 Å². The van der Waals surface area contributed by atoms with Crippen LogP contribution in [0.4, 0.5) is 0 Å². The second-order valence-electron chi connectivity index (χ2n) is 5.91. The predicted molar refractivity (Wildman–Crippen MR) is 81.7 cm³/mol. The topological polar surface area (TPSA) is 87.0 Å². The van der Waals surface area contributed by atoms with E-state index in [0.29, 0.717) is 30.1 Å². The standard InChI is InChI=1S/C15H22N4O4/c1-9-13(10(2)23-16-9)15(22)18-6-7-19(11(3)20)12(8-18)14(21)17(4)5/h12H,6-8H2,1-5H3/t12-/m0/s1. The fourth-order valence-electron chi connectivity index (χ4n) is 2.80. The molecule has 8 nitrogen and oxygen atoms in total. The average molecular weight is 322 g/mol. The Morgan fingerprint density at radius 3 is 2.35 bits per heavy atom. The average Bonchev–Trinajstić information content (AvgIpc) is 2.83. The van der Waals surface area contributed by atoms with E-state index in [-0.39, 0.29) is 24.3 Å². The molecule has 1 aliphatic rings. The third-order valence-electron chi connectivity index (χ3n) is 4.05. The summed E-state index contributed by atoms with van der Waals surface area (Å²) in [5.74, 6) is -0.135. The van der Waals surface area contributed by atoms with E-state index in [2.05, 4.69) is 5.16 Å². The van der Waals surface area contributed by atoms with Crippen molar-refractivity contribution in [3.8, 4) is 0 Å². The lowest BCUT2D eigenvalue weighted by Crippen LogP contribution is -2.61. The zero-order valence-corrected chi connectivity index (χ0v) is 14.1. The van der Waals surface area contributed by atoms with Gasteiger partial charge in [0.2, 0.25) is 11.8 Å². The summed E-state index contributed by atoms with van der Waals surface area (Å²) in [6, 6.07) is -0.666. The van der Waals surface area contributed by atoms with Gasteiger partial charge in [0.05, 0.1) is 12.2 Å². The number of hydrogen-bond donors (Lipinski definition) is 0. The van der Waals surface area contributed by atoms with Gasteiger partial charge in [0.1, 0.15) is 17.4 Å². The number of nitrogens with zero attached hydrogens (tertiary/aromatic N) is 4. The first-order chi connectivity index (χ1) is 10.7. The van der Waals surface area contributed by atoms with Crippen LogP contribution in [0.3, 0.4) is 0 Å². The maximum Gasteiger partial charge on any atom is 0.259 e. The van der Waals surface area contributed by atoms with Crippen LogP contribution in [0.25, 0.3) is 0 Å². The summed E-state index contributed by atoms with van der Waals surface area (Å²) in [5, 5.41) is 3.80. The molecular formula is C15H22N4O4. The van der Waals surface area contributed by atoms with Crippen molar-refractivity contribution in [2.45, 2.75) is 26.8 Å². The number of amides is 3. The van der Waals surface area contributed by atoms with Crippen LogP contribution in [0.5, 0.6) is 0 Å². The van der Waals surface area contributed by atoms with E-state index in [4.69, 9.17) is 4.52 Å². The lowest BCUT2D eigenvalue weighted by Gasteiger charge is -2.40.